The molecule has 2 heteroatoms. The fraction of sp³-hybridized carbons (Fsp3) is 0.895. The summed E-state index contributed by atoms with van der Waals surface area (Å²) in [6, 6.07) is 0. The molecule has 0 spiro atoms. The zero-order valence-electron chi connectivity index (χ0n) is 13.5. The lowest BCUT2D eigenvalue weighted by Crippen LogP contribution is -2.53. The van der Waals surface area contributed by atoms with E-state index in [1.807, 2.05) is 0 Å². The third-order valence-electron chi connectivity index (χ3n) is 7.88. The van der Waals surface area contributed by atoms with Crippen LogP contribution >= 0.6 is 0 Å². The average Bonchev–Trinajstić information content (AvgIpc) is 2.82. The van der Waals surface area contributed by atoms with Crippen molar-refractivity contribution in [1.29, 1.82) is 0 Å². The number of rotatable bonds is 0. The smallest absolute Gasteiger partial charge is 0.0757 e. The van der Waals surface area contributed by atoms with E-state index in [0.717, 1.165) is 19.3 Å². The minimum Gasteiger partial charge on any atom is -0.393 e. The molecule has 0 bridgehead atoms. The summed E-state index contributed by atoms with van der Waals surface area (Å²) in [5.74, 6) is 1.82. The lowest BCUT2D eigenvalue weighted by atomic mass is 9.47. The summed E-state index contributed by atoms with van der Waals surface area (Å²) >= 11 is 0. The second kappa shape index (κ2) is 4.58. The Bertz CT molecular complexity index is 470. The number of aliphatic hydroxyl groups excluding tert-OH is 2. The minimum atomic E-state index is -0.272. The van der Waals surface area contributed by atoms with Gasteiger partial charge in [0.05, 0.1) is 12.2 Å². The molecule has 4 rings (SSSR count). The maximum Gasteiger partial charge on any atom is 0.0757 e. The monoisotopic (exact) mass is 290 g/mol. The van der Waals surface area contributed by atoms with Crippen molar-refractivity contribution in [3.8, 4) is 0 Å². The van der Waals surface area contributed by atoms with Crippen LogP contribution in [0.15, 0.2) is 11.6 Å². The van der Waals surface area contributed by atoms with Crippen LogP contribution in [0.1, 0.15) is 65.2 Å². The molecule has 0 amide bonds. The van der Waals surface area contributed by atoms with Crippen molar-refractivity contribution in [2.24, 2.45) is 28.6 Å². The molecule has 0 aromatic heterocycles. The molecular formula is C19H30O2. The Morgan fingerprint density at radius 3 is 2.62 bits per heavy atom. The highest BCUT2D eigenvalue weighted by atomic mass is 16.3. The predicted molar refractivity (Wildman–Crippen MR) is 83.7 cm³/mol. The standard InChI is InChI=1S/C19H30O2/c1-18-7-3-4-14(18)17-15(6-8-18)19(2)9-5-13(20)10-12(19)11-16(17)21/h11,13-17,20-21H,3-10H2,1-2H3/t13?,14-,15+,16?,17-,18-,19-/m0/s1. The molecule has 0 saturated heterocycles. The summed E-state index contributed by atoms with van der Waals surface area (Å²) < 4.78 is 0. The van der Waals surface area contributed by atoms with Crippen LogP contribution in [-0.2, 0) is 0 Å². The Kier molecular flexibility index (Phi) is 3.11. The summed E-state index contributed by atoms with van der Waals surface area (Å²) in [7, 11) is 0. The largest absolute Gasteiger partial charge is 0.393 e. The zero-order chi connectivity index (χ0) is 14.8. The lowest BCUT2D eigenvalue weighted by molar-refractivity contribution is -0.0825. The van der Waals surface area contributed by atoms with Gasteiger partial charge in [0.25, 0.3) is 0 Å². The Balaban J connectivity index is 1.73. The topological polar surface area (TPSA) is 40.5 Å². The molecule has 4 aliphatic carbocycles. The van der Waals surface area contributed by atoms with Crippen molar-refractivity contribution in [2.75, 3.05) is 0 Å². The second-order valence-electron chi connectivity index (χ2n) is 8.87. The van der Waals surface area contributed by atoms with Gasteiger partial charge in [-0.1, -0.05) is 31.9 Å². The predicted octanol–water partition coefficient (Wildman–Crippen LogP) is 3.67. The molecule has 4 aliphatic rings. The molecule has 0 aliphatic heterocycles. The summed E-state index contributed by atoms with van der Waals surface area (Å²) in [5, 5.41) is 20.9. The molecule has 0 radical (unpaired) electrons. The van der Waals surface area contributed by atoms with E-state index in [4.69, 9.17) is 0 Å². The number of fused-ring (bicyclic) bond motifs is 5. The molecule has 2 nitrogen and oxygen atoms in total. The van der Waals surface area contributed by atoms with Crippen LogP contribution < -0.4 is 0 Å². The molecule has 3 fully saturated rings. The SMILES string of the molecule is C[C@@]12CCC[C@H]1[C@@H]1C(O)C=C3CC(O)CC[C@]3(C)[C@@H]1CC2. The van der Waals surface area contributed by atoms with E-state index in [0.29, 0.717) is 23.2 Å². The number of aliphatic hydroxyl groups is 2. The van der Waals surface area contributed by atoms with Crippen molar-refractivity contribution in [3.05, 3.63) is 11.6 Å². The van der Waals surface area contributed by atoms with E-state index >= 15 is 0 Å². The van der Waals surface area contributed by atoms with Crippen LogP contribution in [0.25, 0.3) is 0 Å². The third kappa shape index (κ3) is 1.91. The Morgan fingerprint density at radius 1 is 1.00 bits per heavy atom. The molecule has 118 valence electrons. The Hall–Kier alpha value is -0.340. The van der Waals surface area contributed by atoms with Crippen molar-refractivity contribution in [1.82, 2.24) is 0 Å². The first-order chi connectivity index (χ1) is 9.94. The summed E-state index contributed by atoms with van der Waals surface area (Å²) in [6.07, 6.45) is 11.2. The molecule has 0 heterocycles. The van der Waals surface area contributed by atoms with E-state index < -0.39 is 0 Å². The average molecular weight is 290 g/mol. The summed E-state index contributed by atoms with van der Waals surface area (Å²) in [6.45, 7) is 4.89. The third-order valence-corrected chi connectivity index (χ3v) is 7.88. The first-order valence-electron chi connectivity index (χ1n) is 9.01. The van der Waals surface area contributed by atoms with Crippen molar-refractivity contribution >= 4 is 0 Å². The van der Waals surface area contributed by atoms with Gasteiger partial charge in [-0.25, -0.2) is 0 Å². The summed E-state index contributed by atoms with van der Waals surface area (Å²) in [5.41, 5.74) is 2.09. The van der Waals surface area contributed by atoms with Crippen LogP contribution in [0.3, 0.4) is 0 Å². The Labute approximate surface area is 128 Å². The van der Waals surface area contributed by atoms with Gasteiger partial charge < -0.3 is 10.2 Å². The highest BCUT2D eigenvalue weighted by Crippen LogP contribution is 2.64. The number of hydrogen-bond donors (Lipinski definition) is 2. The zero-order valence-corrected chi connectivity index (χ0v) is 13.5. The van der Waals surface area contributed by atoms with Crippen LogP contribution in [0.2, 0.25) is 0 Å². The maximum atomic E-state index is 10.8. The molecular weight excluding hydrogens is 260 g/mol. The second-order valence-corrected chi connectivity index (χ2v) is 8.87. The molecule has 2 N–H and O–H groups in total. The number of hydrogen-bond acceptors (Lipinski definition) is 2. The fourth-order valence-corrected chi connectivity index (χ4v) is 6.62. The summed E-state index contributed by atoms with van der Waals surface area (Å²) in [4.78, 5) is 0. The Morgan fingerprint density at radius 2 is 1.81 bits per heavy atom. The van der Waals surface area contributed by atoms with Gasteiger partial charge in [0, 0.05) is 0 Å². The van der Waals surface area contributed by atoms with Gasteiger partial charge in [-0.15, -0.1) is 0 Å². The fourth-order valence-electron chi connectivity index (χ4n) is 6.62. The molecule has 0 aromatic rings. The highest BCUT2D eigenvalue weighted by molar-refractivity contribution is 5.27. The van der Waals surface area contributed by atoms with E-state index in [-0.39, 0.29) is 17.6 Å². The van der Waals surface area contributed by atoms with Crippen molar-refractivity contribution in [2.45, 2.75) is 77.4 Å². The van der Waals surface area contributed by atoms with E-state index in [1.54, 1.807) is 0 Å². The van der Waals surface area contributed by atoms with Gasteiger partial charge >= 0.3 is 0 Å². The molecule has 2 unspecified atom stereocenters. The van der Waals surface area contributed by atoms with Crippen LogP contribution in [0, 0.1) is 28.6 Å². The van der Waals surface area contributed by atoms with Crippen LogP contribution in [0.5, 0.6) is 0 Å². The van der Waals surface area contributed by atoms with E-state index in [1.165, 1.54) is 37.7 Å². The van der Waals surface area contributed by atoms with Gasteiger partial charge in [-0.3, -0.25) is 0 Å². The minimum absolute atomic E-state index is 0.187. The first-order valence-corrected chi connectivity index (χ1v) is 9.01. The molecule has 0 aromatic carbocycles. The van der Waals surface area contributed by atoms with E-state index in [2.05, 4.69) is 19.9 Å². The molecule has 7 atom stereocenters. The first kappa shape index (κ1) is 14.3. The highest BCUT2D eigenvalue weighted by Gasteiger charge is 2.58. The molecule has 21 heavy (non-hydrogen) atoms. The van der Waals surface area contributed by atoms with Gasteiger partial charge in [0.1, 0.15) is 0 Å². The van der Waals surface area contributed by atoms with Gasteiger partial charge in [0.2, 0.25) is 0 Å². The lowest BCUT2D eigenvalue weighted by Gasteiger charge is -2.58. The van der Waals surface area contributed by atoms with Gasteiger partial charge in [0.15, 0.2) is 0 Å². The maximum absolute atomic E-state index is 10.8. The van der Waals surface area contributed by atoms with Crippen molar-refractivity contribution < 1.29 is 10.2 Å². The van der Waals surface area contributed by atoms with E-state index in [9.17, 15) is 10.2 Å². The van der Waals surface area contributed by atoms with Crippen LogP contribution in [0.4, 0.5) is 0 Å². The van der Waals surface area contributed by atoms with Crippen LogP contribution in [-0.4, -0.2) is 22.4 Å². The quantitative estimate of drug-likeness (QED) is 0.668. The van der Waals surface area contributed by atoms with Gasteiger partial charge in [-0.2, -0.15) is 0 Å². The molecule has 3 saturated carbocycles. The van der Waals surface area contributed by atoms with Gasteiger partial charge in [-0.05, 0) is 73.5 Å². The van der Waals surface area contributed by atoms with Crippen molar-refractivity contribution in [3.63, 3.8) is 0 Å². The normalized spacial score (nSPS) is 56.2.